The fourth-order valence-corrected chi connectivity index (χ4v) is 1.29. The van der Waals surface area contributed by atoms with E-state index >= 15 is 0 Å². The summed E-state index contributed by atoms with van der Waals surface area (Å²) >= 11 is 0. The summed E-state index contributed by atoms with van der Waals surface area (Å²) in [6.07, 6.45) is 1.02. The second-order valence-electron chi connectivity index (χ2n) is 3.43. The molecular formula is C11H18N4O2. The molecule has 0 spiro atoms. The Morgan fingerprint density at radius 1 is 1.47 bits per heavy atom. The van der Waals surface area contributed by atoms with Crippen molar-refractivity contribution in [2.45, 2.75) is 26.7 Å². The Labute approximate surface area is 101 Å². The van der Waals surface area contributed by atoms with E-state index in [0.29, 0.717) is 37.0 Å². The van der Waals surface area contributed by atoms with Gasteiger partial charge in [0.05, 0.1) is 13.0 Å². The summed E-state index contributed by atoms with van der Waals surface area (Å²) < 4.78 is 4.81. The number of ether oxygens (including phenoxy) is 1. The maximum absolute atomic E-state index is 11.1. The number of rotatable bonds is 6. The van der Waals surface area contributed by atoms with Crippen molar-refractivity contribution in [2.75, 3.05) is 24.2 Å². The van der Waals surface area contributed by atoms with Crippen LogP contribution in [0.1, 0.15) is 26.1 Å². The number of nitrogens with two attached hydrogens (primary N) is 1. The van der Waals surface area contributed by atoms with E-state index < -0.39 is 0 Å². The van der Waals surface area contributed by atoms with Gasteiger partial charge in [-0.05, 0) is 6.92 Å². The maximum Gasteiger partial charge on any atom is 0.307 e. The number of nitrogen functional groups attached to an aromatic ring is 1. The van der Waals surface area contributed by atoms with Crippen molar-refractivity contribution in [1.29, 1.82) is 0 Å². The molecule has 17 heavy (non-hydrogen) atoms. The molecule has 1 rings (SSSR count). The summed E-state index contributed by atoms with van der Waals surface area (Å²) in [7, 11) is 0. The number of aryl methyl sites for hydroxylation is 1. The van der Waals surface area contributed by atoms with Crippen LogP contribution in [0.25, 0.3) is 0 Å². The zero-order valence-electron chi connectivity index (χ0n) is 10.2. The third-order valence-corrected chi connectivity index (χ3v) is 2.05. The monoisotopic (exact) mass is 238 g/mol. The Bertz CT molecular complexity index is 382. The van der Waals surface area contributed by atoms with Crippen molar-refractivity contribution in [3.8, 4) is 0 Å². The quantitative estimate of drug-likeness (QED) is 0.718. The molecule has 0 saturated carbocycles. The first-order valence-electron chi connectivity index (χ1n) is 5.68. The van der Waals surface area contributed by atoms with Crippen LogP contribution >= 0.6 is 0 Å². The van der Waals surface area contributed by atoms with Crippen molar-refractivity contribution in [3.05, 3.63) is 11.9 Å². The molecule has 6 nitrogen and oxygen atoms in total. The molecule has 0 unspecified atom stereocenters. The minimum absolute atomic E-state index is 0.224. The predicted octanol–water partition coefficient (Wildman–Crippen LogP) is 0.986. The first-order chi connectivity index (χ1) is 8.15. The van der Waals surface area contributed by atoms with Crippen LogP contribution in [-0.2, 0) is 16.0 Å². The molecule has 0 atom stereocenters. The summed E-state index contributed by atoms with van der Waals surface area (Å²) in [6.45, 7) is 4.61. The molecule has 3 N–H and O–H groups in total. The number of carbonyl (C=O) groups is 1. The molecule has 0 radical (unpaired) electrons. The number of nitrogens with zero attached hydrogens (tertiary/aromatic N) is 2. The molecule has 1 aromatic rings. The standard InChI is InChI=1S/C11H18N4O2/c1-3-9-14-8(12)7-10(15-9)13-6-5-11(16)17-4-2/h7H,3-6H2,1-2H3,(H3,12,13,14,15). The van der Waals surface area contributed by atoms with Gasteiger partial charge in [-0.15, -0.1) is 0 Å². The van der Waals surface area contributed by atoms with Crippen LogP contribution < -0.4 is 11.1 Å². The molecule has 0 aliphatic rings. The van der Waals surface area contributed by atoms with E-state index in [0.717, 1.165) is 6.42 Å². The van der Waals surface area contributed by atoms with Crippen LogP contribution in [0.4, 0.5) is 11.6 Å². The lowest BCUT2D eigenvalue weighted by atomic mass is 10.4. The summed E-state index contributed by atoms with van der Waals surface area (Å²) in [5, 5.41) is 3.02. The van der Waals surface area contributed by atoms with E-state index in [2.05, 4.69) is 15.3 Å². The zero-order valence-corrected chi connectivity index (χ0v) is 10.2. The van der Waals surface area contributed by atoms with Gasteiger partial charge >= 0.3 is 5.97 Å². The lowest BCUT2D eigenvalue weighted by molar-refractivity contribution is -0.142. The van der Waals surface area contributed by atoms with Crippen LogP contribution in [-0.4, -0.2) is 29.1 Å². The average Bonchev–Trinajstić information content (AvgIpc) is 2.28. The number of hydrogen-bond donors (Lipinski definition) is 2. The highest BCUT2D eigenvalue weighted by Crippen LogP contribution is 2.08. The molecule has 0 saturated heterocycles. The minimum Gasteiger partial charge on any atom is -0.466 e. The van der Waals surface area contributed by atoms with Gasteiger partial charge in [-0.2, -0.15) is 0 Å². The van der Waals surface area contributed by atoms with Crippen LogP contribution in [0.5, 0.6) is 0 Å². The molecule has 0 aromatic carbocycles. The van der Waals surface area contributed by atoms with Gasteiger partial charge in [0, 0.05) is 19.0 Å². The van der Waals surface area contributed by atoms with E-state index in [1.165, 1.54) is 0 Å². The molecule has 94 valence electrons. The normalized spacial score (nSPS) is 10.0. The highest BCUT2D eigenvalue weighted by atomic mass is 16.5. The van der Waals surface area contributed by atoms with Crippen molar-refractivity contribution < 1.29 is 9.53 Å². The van der Waals surface area contributed by atoms with Gasteiger partial charge in [0.1, 0.15) is 17.5 Å². The highest BCUT2D eigenvalue weighted by Gasteiger charge is 2.03. The van der Waals surface area contributed by atoms with Gasteiger partial charge < -0.3 is 15.8 Å². The number of esters is 1. The molecule has 6 heteroatoms. The highest BCUT2D eigenvalue weighted by molar-refractivity contribution is 5.70. The number of carbonyl (C=O) groups excluding carboxylic acids is 1. The largest absolute Gasteiger partial charge is 0.466 e. The van der Waals surface area contributed by atoms with Gasteiger partial charge in [0.25, 0.3) is 0 Å². The molecule has 1 heterocycles. The second-order valence-corrected chi connectivity index (χ2v) is 3.43. The third-order valence-electron chi connectivity index (χ3n) is 2.05. The molecule has 0 aliphatic heterocycles. The van der Waals surface area contributed by atoms with Gasteiger partial charge in [0.2, 0.25) is 0 Å². The van der Waals surface area contributed by atoms with Gasteiger partial charge in [-0.3, -0.25) is 4.79 Å². The summed E-state index contributed by atoms with van der Waals surface area (Å²) in [4.78, 5) is 19.4. The summed E-state index contributed by atoms with van der Waals surface area (Å²) in [5.74, 6) is 1.52. The van der Waals surface area contributed by atoms with Crippen molar-refractivity contribution in [1.82, 2.24) is 9.97 Å². The Hall–Kier alpha value is -1.85. The summed E-state index contributed by atoms with van der Waals surface area (Å²) in [5.41, 5.74) is 5.63. The second kappa shape index (κ2) is 6.67. The van der Waals surface area contributed by atoms with Crippen LogP contribution in [0.15, 0.2) is 6.07 Å². The Kier molecular flexibility index (Phi) is 5.19. The Morgan fingerprint density at radius 3 is 2.88 bits per heavy atom. The van der Waals surface area contributed by atoms with E-state index in [1.54, 1.807) is 13.0 Å². The summed E-state index contributed by atoms with van der Waals surface area (Å²) in [6, 6.07) is 1.64. The Morgan fingerprint density at radius 2 is 2.24 bits per heavy atom. The van der Waals surface area contributed by atoms with E-state index in [4.69, 9.17) is 10.5 Å². The third kappa shape index (κ3) is 4.67. The molecule has 0 amide bonds. The topological polar surface area (TPSA) is 90.1 Å². The number of anilines is 2. The van der Waals surface area contributed by atoms with Crippen molar-refractivity contribution in [2.24, 2.45) is 0 Å². The lowest BCUT2D eigenvalue weighted by Crippen LogP contribution is -2.13. The maximum atomic E-state index is 11.1. The predicted molar refractivity (Wildman–Crippen MR) is 65.6 cm³/mol. The van der Waals surface area contributed by atoms with E-state index in [-0.39, 0.29) is 5.97 Å². The van der Waals surface area contributed by atoms with Crippen LogP contribution in [0, 0.1) is 0 Å². The van der Waals surface area contributed by atoms with Crippen LogP contribution in [0.3, 0.4) is 0 Å². The van der Waals surface area contributed by atoms with E-state index in [9.17, 15) is 4.79 Å². The minimum atomic E-state index is -0.224. The SMILES string of the molecule is CCOC(=O)CCNc1cc(N)nc(CC)n1. The average molecular weight is 238 g/mol. The first kappa shape index (κ1) is 13.2. The first-order valence-corrected chi connectivity index (χ1v) is 5.68. The molecule has 1 aromatic heterocycles. The fourth-order valence-electron chi connectivity index (χ4n) is 1.29. The van der Waals surface area contributed by atoms with Crippen molar-refractivity contribution >= 4 is 17.6 Å². The smallest absolute Gasteiger partial charge is 0.307 e. The van der Waals surface area contributed by atoms with Gasteiger partial charge in [-0.1, -0.05) is 6.92 Å². The number of hydrogen-bond acceptors (Lipinski definition) is 6. The number of aromatic nitrogens is 2. The fraction of sp³-hybridized carbons (Fsp3) is 0.545. The van der Waals surface area contributed by atoms with Crippen LogP contribution in [0.2, 0.25) is 0 Å². The molecule has 0 fully saturated rings. The molecule has 0 bridgehead atoms. The van der Waals surface area contributed by atoms with E-state index in [1.807, 2.05) is 6.92 Å². The lowest BCUT2D eigenvalue weighted by Gasteiger charge is -2.07. The van der Waals surface area contributed by atoms with Gasteiger partial charge in [-0.25, -0.2) is 9.97 Å². The van der Waals surface area contributed by atoms with Crippen molar-refractivity contribution in [3.63, 3.8) is 0 Å². The zero-order chi connectivity index (χ0) is 12.7. The number of nitrogens with one attached hydrogen (secondary N) is 1. The molecular weight excluding hydrogens is 220 g/mol. The Balaban J connectivity index is 2.46. The molecule has 0 aliphatic carbocycles. The van der Waals surface area contributed by atoms with Gasteiger partial charge in [0.15, 0.2) is 0 Å².